The van der Waals surface area contributed by atoms with Crippen LogP contribution in [0.3, 0.4) is 0 Å². The van der Waals surface area contributed by atoms with Crippen LogP contribution in [0.25, 0.3) is 0 Å². The van der Waals surface area contributed by atoms with Gasteiger partial charge in [-0.1, -0.05) is 6.08 Å². The first kappa shape index (κ1) is 7.99. The molecule has 2 heteroatoms. The highest BCUT2D eigenvalue weighted by Crippen LogP contribution is 2.41. The Kier molecular flexibility index (Phi) is 1.62. The molecule has 1 aliphatic carbocycles. The molecule has 1 aliphatic heterocycles. The van der Waals surface area contributed by atoms with E-state index in [9.17, 15) is 4.79 Å². The lowest BCUT2D eigenvalue weighted by Gasteiger charge is -2.22. The standard InChI is InChI=1S/C10H14O2/c1-7-3-4-8(5-9(7)11)10(2)6-12-10/h3,8H,4-6H2,1-2H3/t8-,10?/m0/s1. The Morgan fingerprint density at radius 1 is 1.67 bits per heavy atom. The molecule has 1 saturated heterocycles. The Balaban J connectivity index is 2.09. The minimum absolute atomic E-state index is 0.0207. The van der Waals surface area contributed by atoms with E-state index in [1.807, 2.05) is 13.0 Å². The summed E-state index contributed by atoms with van der Waals surface area (Å²) in [5.41, 5.74) is 0.947. The number of ether oxygens (including phenoxy) is 1. The van der Waals surface area contributed by atoms with Gasteiger partial charge < -0.3 is 4.74 Å². The van der Waals surface area contributed by atoms with Gasteiger partial charge in [-0.3, -0.25) is 4.79 Å². The SMILES string of the molecule is CC1=CC[C@H](C2(C)CO2)CC1=O. The summed E-state index contributed by atoms with van der Waals surface area (Å²) in [6.45, 7) is 4.83. The molecule has 2 atom stereocenters. The van der Waals surface area contributed by atoms with Crippen molar-refractivity contribution in [3.05, 3.63) is 11.6 Å². The number of carbonyl (C=O) groups is 1. The quantitative estimate of drug-likeness (QED) is 0.555. The average Bonchev–Trinajstić information content (AvgIpc) is 2.75. The number of ketones is 1. The van der Waals surface area contributed by atoms with Gasteiger partial charge in [0.2, 0.25) is 0 Å². The maximum atomic E-state index is 11.4. The number of carbonyl (C=O) groups excluding carboxylic acids is 1. The fourth-order valence-corrected chi connectivity index (χ4v) is 1.72. The van der Waals surface area contributed by atoms with Gasteiger partial charge in [0.05, 0.1) is 12.2 Å². The van der Waals surface area contributed by atoms with Gasteiger partial charge in [0.1, 0.15) is 0 Å². The lowest BCUT2D eigenvalue weighted by atomic mass is 9.81. The number of epoxide rings is 1. The molecule has 12 heavy (non-hydrogen) atoms. The normalized spacial score (nSPS) is 41.0. The van der Waals surface area contributed by atoms with Crippen LogP contribution < -0.4 is 0 Å². The highest BCUT2D eigenvalue weighted by molar-refractivity contribution is 5.95. The van der Waals surface area contributed by atoms with Gasteiger partial charge >= 0.3 is 0 Å². The van der Waals surface area contributed by atoms with E-state index in [0.29, 0.717) is 18.1 Å². The van der Waals surface area contributed by atoms with Crippen LogP contribution in [0.15, 0.2) is 11.6 Å². The van der Waals surface area contributed by atoms with Crippen LogP contribution in [0.5, 0.6) is 0 Å². The first-order valence-electron chi connectivity index (χ1n) is 4.46. The molecule has 0 spiro atoms. The monoisotopic (exact) mass is 166 g/mol. The van der Waals surface area contributed by atoms with E-state index < -0.39 is 0 Å². The highest BCUT2D eigenvalue weighted by atomic mass is 16.6. The van der Waals surface area contributed by atoms with Crippen LogP contribution in [0, 0.1) is 5.92 Å². The van der Waals surface area contributed by atoms with Crippen molar-refractivity contribution < 1.29 is 9.53 Å². The van der Waals surface area contributed by atoms with Gasteiger partial charge in [0, 0.05) is 12.3 Å². The Morgan fingerprint density at radius 3 is 2.83 bits per heavy atom. The zero-order valence-electron chi connectivity index (χ0n) is 7.59. The van der Waals surface area contributed by atoms with Crippen molar-refractivity contribution >= 4 is 5.78 Å². The summed E-state index contributed by atoms with van der Waals surface area (Å²) in [5.74, 6) is 0.719. The number of rotatable bonds is 1. The average molecular weight is 166 g/mol. The molecule has 0 aromatic rings. The minimum Gasteiger partial charge on any atom is -0.370 e. The van der Waals surface area contributed by atoms with E-state index in [4.69, 9.17) is 4.74 Å². The Morgan fingerprint density at radius 2 is 2.33 bits per heavy atom. The highest BCUT2D eigenvalue weighted by Gasteiger charge is 2.47. The molecular formula is C10H14O2. The zero-order chi connectivity index (χ0) is 8.77. The number of allylic oxidation sites excluding steroid dienone is 2. The second-order valence-corrected chi connectivity index (χ2v) is 4.05. The molecular weight excluding hydrogens is 152 g/mol. The summed E-state index contributed by atoms with van der Waals surface area (Å²) in [7, 11) is 0. The third-order valence-corrected chi connectivity index (χ3v) is 3.04. The van der Waals surface area contributed by atoms with Crippen molar-refractivity contribution in [2.24, 2.45) is 5.92 Å². The summed E-state index contributed by atoms with van der Waals surface area (Å²) in [4.78, 5) is 11.4. The summed E-state index contributed by atoms with van der Waals surface area (Å²) < 4.78 is 5.34. The molecule has 2 aliphatic rings. The van der Waals surface area contributed by atoms with Gasteiger partial charge in [-0.2, -0.15) is 0 Å². The molecule has 1 unspecified atom stereocenters. The van der Waals surface area contributed by atoms with Crippen molar-refractivity contribution in [2.45, 2.75) is 32.3 Å². The van der Waals surface area contributed by atoms with Crippen LogP contribution in [0.1, 0.15) is 26.7 Å². The van der Waals surface area contributed by atoms with Gasteiger partial charge in [-0.15, -0.1) is 0 Å². The molecule has 0 aromatic heterocycles. The fraction of sp³-hybridized carbons (Fsp3) is 0.700. The fourth-order valence-electron chi connectivity index (χ4n) is 1.72. The maximum Gasteiger partial charge on any atom is 0.158 e. The van der Waals surface area contributed by atoms with Crippen LogP contribution in [-0.4, -0.2) is 18.0 Å². The zero-order valence-corrected chi connectivity index (χ0v) is 7.59. The molecule has 0 aromatic carbocycles. The molecule has 66 valence electrons. The molecule has 0 N–H and O–H groups in total. The first-order chi connectivity index (χ1) is 5.62. The smallest absolute Gasteiger partial charge is 0.158 e. The van der Waals surface area contributed by atoms with Crippen molar-refractivity contribution in [1.82, 2.24) is 0 Å². The van der Waals surface area contributed by atoms with Crippen LogP contribution in [-0.2, 0) is 9.53 Å². The molecule has 0 bridgehead atoms. The maximum absolute atomic E-state index is 11.4. The molecule has 2 nitrogen and oxygen atoms in total. The van der Waals surface area contributed by atoms with E-state index in [0.717, 1.165) is 18.6 Å². The Labute approximate surface area is 72.6 Å². The van der Waals surface area contributed by atoms with E-state index in [-0.39, 0.29) is 5.60 Å². The van der Waals surface area contributed by atoms with Gasteiger partial charge in [-0.05, 0) is 25.8 Å². The number of hydrogen-bond acceptors (Lipinski definition) is 2. The Hall–Kier alpha value is -0.630. The predicted octanol–water partition coefficient (Wildman–Crippen LogP) is 1.70. The van der Waals surface area contributed by atoms with Crippen molar-refractivity contribution in [2.75, 3.05) is 6.61 Å². The first-order valence-corrected chi connectivity index (χ1v) is 4.46. The largest absolute Gasteiger partial charge is 0.370 e. The van der Waals surface area contributed by atoms with Crippen LogP contribution >= 0.6 is 0 Å². The topological polar surface area (TPSA) is 29.6 Å². The minimum atomic E-state index is 0.0207. The van der Waals surface area contributed by atoms with Crippen LogP contribution in [0.4, 0.5) is 0 Å². The number of hydrogen-bond donors (Lipinski definition) is 0. The van der Waals surface area contributed by atoms with E-state index in [2.05, 4.69) is 6.92 Å². The summed E-state index contributed by atoms with van der Waals surface area (Å²) in [5, 5.41) is 0. The predicted molar refractivity (Wildman–Crippen MR) is 45.8 cm³/mol. The molecule has 0 radical (unpaired) electrons. The molecule has 2 rings (SSSR count). The Bertz CT molecular complexity index is 249. The van der Waals surface area contributed by atoms with Gasteiger partial charge in [0.15, 0.2) is 5.78 Å². The third kappa shape index (κ3) is 1.20. The van der Waals surface area contributed by atoms with Gasteiger partial charge in [-0.25, -0.2) is 0 Å². The van der Waals surface area contributed by atoms with E-state index in [1.165, 1.54) is 0 Å². The van der Waals surface area contributed by atoms with Gasteiger partial charge in [0.25, 0.3) is 0 Å². The third-order valence-electron chi connectivity index (χ3n) is 3.04. The second kappa shape index (κ2) is 2.43. The molecule has 0 amide bonds. The second-order valence-electron chi connectivity index (χ2n) is 4.05. The summed E-state index contributed by atoms with van der Waals surface area (Å²) >= 11 is 0. The van der Waals surface area contributed by atoms with E-state index in [1.54, 1.807) is 0 Å². The van der Waals surface area contributed by atoms with Crippen molar-refractivity contribution in [1.29, 1.82) is 0 Å². The lowest BCUT2D eigenvalue weighted by molar-refractivity contribution is -0.117. The summed E-state index contributed by atoms with van der Waals surface area (Å²) in [6, 6.07) is 0. The van der Waals surface area contributed by atoms with Crippen LogP contribution in [0.2, 0.25) is 0 Å². The molecule has 1 heterocycles. The van der Waals surface area contributed by atoms with Crippen molar-refractivity contribution in [3.8, 4) is 0 Å². The molecule has 1 fully saturated rings. The van der Waals surface area contributed by atoms with Crippen molar-refractivity contribution in [3.63, 3.8) is 0 Å². The van der Waals surface area contributed by atoms with E-state index >= 15 is 0 Å². The lowest BCUT2D eigenvalue weighted by Crippen LogP contribution is -2.26. The number of Topliss-reactive ketones (excluding diaryl/α,β-unsaturated/α-hetero) is 1. The summed E-state index contributed by atoms with van der Waals surface area (Å²) in [6.07, 6.45) is 3.73. The molecule has 0 saturated carbocycles.